The van der Waals surface area contributed by atoms with Crippen LogP contribution >= 0.6 is 44.3 Å². The molecule has 2 aromatic rings. The number of fused-ring (bicyclic) bond motifs is 1. The van der Waals surface area contributed by atoms with Crippen molar-refractivity contribution in [2.24, 2.45) is 9.98 Å². The molecule has 0 bridgehead atoms. The molecule has 0 fully saturated rings. The zero-order valence-electron chi connectivity index (χ0n) is 15.3. The molecular weight excluding hydrogens is 520 g/mol. The van der Waals surface area contributed by atoms with Crippen LogP contribution in [0.5, 0.6) is 0 Å². The molecule has 8 heteroatoms. The molecule has 1 N–H and O–H groups in total. The fourth-order valence-corrected chi connectivity index (χ4v) is 3.77. The molecule has 2 aliphatic heterocycles. The number of amides is 1. The minimum Gasteiger partial charge on any atom is -0.358 e. The summed E-state index contributed by atoms with van der Waals surface area (Å²) >= 11 is 7.04. The molecule has 0 saturated carbocycles. The number of halogens is 3. The number of hydrogen-bond acceptors (Lipinski definition) is 4. The van der Waals surface area contributed by atoms with E-state index in [2.05, 4.69) is 42.2 Å². The maximum Gasteiger partial charge on any atom is 0.282 e. The second kappa shape index (κ2) is 9.07. The van der Waals surface area contributed by atoms with Gasteiger partial charge in [0.25, 0.3) is 5.91 Å². The van der Waals surface area contributed by atoms with E-state index >= 15 is 0 Å². The first-order chi connectivity index (χ1) is 13.5. The molecule has 0 radical (unpaired) electrons. The quantitative estimate of drug-likeness (QED) is 0.535. The molecule has 0 aromatic heterocycles. The molecule has 1 unspecified atom stereocenters. The van der Waals surface area contributed by atoms with Crippen molar-refractivity contribution in [2.75, 3.05) is 5.32 Å². The standard InChI is InChI=1S/C21H16Br2N4O.ClH/c1-13-7-6-12-18-26-20(25-17-11-5-3-9-15(17)23)19(21(28)27(13)18)24-16-10-4-2-8-14(16)22;/h2-12,20,25H,1H3;1H. The van der Waals surface area contributed by atoms with Gasteiger partial charge in [-0.3, -0.25) is 9.69 Å². The van der Waals surface area contributed by atoms with E-state index in [1.165, 1.54) is 0 Å². The highest BCUT2D eigenvalue weighted by Crippen LogP contribution is 2.29. The highest BCUT2D eigenvalue weighted by atomic mass is 79.9. The van der Waals surface area contributed by atoms with Crippen molar-refractivity contribution in [3.05, 3.63) is 81.4 Å². The number of hydrogen-bond donors (Lipinski definition) is 1. The zero-order valence-corrected chi connectivity index (χ0v) is 19.3. The smallest absolute Gasteiger partial charge is 0.282 e. The lowest BCUT2D eigenvalue weighted by Crippen LogP contribution is -2.51. The number of carbonyl (C=O) groups is 1. The van der Waals surface area contributed by atoms with Gasteiger partial charge in [-0.15, -0.1) is 12.4 Å². The van der Waals surface area contributed by atoms with Gasteiger partial charge in [0.15, 0.2) is 11.9 Å². The molecule has 0 saturated heterocycles. The number of carbonyl (C=O) groups excluding carboxylic acids is 1. The average Bonchev–Trinajstić information content (AvgIpc) is 2.68. The molecular formula is C21H17Br2ClN4O. The van der Waals surface area contributed by atoms with Crippen LogP contribution in [0.3, 0.4) is 0 Å². The van der Waals surface area contributed by atoms with Gasteiger partial charge in [0, 0.05) is 14.6 Å². The van der Waals surface area contributed by atoms with Crippen LogP contribution in [-0.4, -0.2) is 28.5 Å². The summed E-state index contributed by atoms with van der Waals surface area (Å²) in [6, 6.07) is 15.3. The molecule has 0 aliphatic carbocycles. The Balaban J connectivity index is 0.00000240. The molecule has 1 atom stereocenters. The van der Waals surface area contributed by atoms with Gasteiger partial charge in [0.1, 0.15) is 5.84 Å². The van der Waals surface area contributed by atoms with Crippen LogP contribution in [-0.2, 0) is 4.79 Å². The number of amidine groups is 1. The number of para-hydroxylation sites is 2. The molecule has 0 spiro atoms. The summed E-state index contributed by atoms with van der Waals surface area (Å²) in [5.41, 5.74) is 2.66. The Bertz CT molecular complexity index is 1080. The van der Waals surface area contributed by atoms with Crippen molar-refractivity contribution < 1.29 is 4.79 Å². The first kappa shape index (κ1) is 21.5. The van der Waals surface area contributed by atoms with Gasteiger partial charge in [0.2, 0.25) is 0 Å². The Morgan fingerprint density at radius 3 is 2.48 bits per heavy atom. The van der Waals surface area contributed by atoms with E-state index in [4.69, 9.17) is 4.99 Å². The van der Waals surface area contributed by atoms with Crippen LogP contribution in [0.15, 0.2) is 91.4 Å². The minimum absolute atomic E-state index is 0. The summed E-state index contributed by atoms with van der Waals surface area (Å²) in [5, 5.41) is 3.34. The average molecular weight is 537 g/mol. The molecule has 29 heavy (non-hydrogen) atoms. The van der Waals surface area contributed by atoms with Crippen LogP contribution in [0.4, 0.5) is 11.4 Å². The normalized spacial score (nSPS) is 19.3. The topological polar surface area (TPSA) is 57.1 Å². The van der Waals surface area contributed by atoms with Crippen LogP contribution < -0.4 is 5.32 Å². The number of nitrogens with zero attached hydrogens (tertiary/aromatic N) is 3. The van der Waals surface area contributed by atoms with E-state index in [9.17, 15) is 4.79 Å². The number of aliphatic imine (C=N–C) groups is 2. The predicted octanol–water partition coefficient (Wildman–Crippen LogP) is 5.86. The van der Waals surface area contributed by atoms with E-state index in [1.54, 1.807) is 4.90 Å². The molecule has 4 rings (SSSR count). The fourth-order valence-electron chi connectivity index (χ4n) is 3.00. The van der Waals surface area contributed by atoms with Gasteiger partial charge in [-0.25, -0.2) is 9.98 Å². The number of anilines is 1. The lowest BCUT2D eigenvalue weighted by molar-refractivity contribution is -0.119. The molecule has 5 nitrogen and oxygen atoms in total. The summed E-state index contributed by atoms with van der Waals surface area (Å²) in [4.78, 5) is 24.4. The number of allylic oxidation sites excluding steroid dienone is 3. The van der Waals surface area contributed by atoms with Crippen LogP contribution in [0.1, 0.15) is 6.92 Å². The number of benzene rings is 2. The first-order valence-electron chi connectivity index (χ1n) is 8.66. The lowest BCUT2D eigenvalue weighted by atomic mass is 10.1. The lowest BCUT2D eigenvalue weighted by Gasteiger charge is -2.33. The second-order valence-corrected chi connectivity index (χ2v) is 7.98. The van der Waals surface area contributed by atoms with Crippen molar-refractivity contribution in [3.63, 3.8) is 0 Å². The molecule has 2 aromatic carbocycles. The van der Waals surface area contributed by atoms with Crippen molar-refractivity contribution >= 4 is 73.1 Å². The van der Waals surface area contributed by atoms with Gasteiger partial charge in [-0.1, -0.05) is 30.3 Å². The van der Waals surface area contributed by atoms with E-state index in [-0.39, 0.29) is 18.3 Å². The third kappa shape index (κ3) is 4.37. The van der Waals surface area contributed by atoms with Crippen molar-refractivity contribution in [2.45, 2.75) is 13.1 Å². The largest absolute Gasteiger partial charge is 0.358 e. The fraction of sp³-hybridized carbons (Fsp3) is 0.0952. The number of rotatable bonds is 3. The molecule has 148 valence electrons. The maximum absolute atomic E-state index is 13.3. The monoisotopic (exact) mass is 534 g/mol. The van der Waals surface area contributed by atoms with E-state index in [1.807, 2.05) is 73.7 Å². The predicted molar refractivity (Wildman–Crippen MR) is 127 cm³/mol. The van der Waals surface area contributed by atoms with Crippen LogP contribution in [0, 0.1) is 0 Å². The second-order valence-electron chi connectivity index (χ2n) is 6.27. The van der Waals surface area contributed by atoms with E-state index < -0.39 is 6.17 Å². The van der Waals surface area contributed by atoms with Crippen molar-refractivity contribution in [3.8, 4) is 0 Å². The Morgan fingerprint density at radius 1 is 1.07 bits per heavy atom. The van der Waals surface area contributed by atoms with E-state index in [0.29, 0.717) is 17.2 Å². The summed E-state index contributed by atoms with van der Waals surface area (Å²) in [7, 11) is 0. The highest BCUT2D eigenvalue weighted by Gasteiger charge is 2.36. The van der Waals surface area contributed by atoms with Crippen molar-refractivity contribution in [1.82, 2.24) is 4.90 Å². The van der Waals surface area contributed by atoms with Crippen LogP contribution in [0.2, 0.25) is 0 Å². The van der Waals surface area contributed by atoms with Crippen LogP contribution in [0.25, 0.3) is 0 Å². The van der Waals surface area contributed by atoms with Gasteiger partial charge >= 0.3 is 0 Å². The Morgan fingerprint density at radius 2 is 1.76 bits per heavy atom. The maximum atomic E-state index is 13.3. The minimum atomic E-state index is -0.611. The molecule has 1 amide bonds. The Kier molecular flexibility index (Phi) is 6.72. The third-order valence-corrected chi connectivity index (χ3v) is 5.73. The molecule has 2 heterocycles. The summed E-state index contributed by atoms with van der Waals surface area (Å²) in [5.74, 6) is 0.407. The van der Waals surface area contributed by atoms with E-state index in [0.717, 1.165) is 20.3 Å². The summed E-state index contributed by atoms with van der Waals surface area (Å²) in [6.07, 6.45) is 4.99. The first-order valence-corrected chi connectivity index (χ1v) is 10.2. The van der Waals surface area contributed by atoms with Gasteiger partial charge in [0.05, 0.1) is 11.4 Å². The zero-order chi connectivity index (χ0) is 19.7. The Labute approximate surface area is 192 Å². The van der Waals surface area contributed by atoms with Gasteiger partial charge < -0.3 is 5.32 Å². The van der Waals surface area contributed by atoms with Gasteiger partial charge in [-0.05, 0) is 75.2 Å². The highest BCUT2D eigenvalue weighted by molar-refractivity contribution is 9.11. The SMILES string of the molecule is CC1=CC=CC2=NC(Nc3ccccc3Br)C(=Nc3ccccc3Br)C(=O)N12.Cl. The van der Waals surface area contributed by atoms with Crippen molar-refractivity contribution in [1.29, 1.82) is 0 Å². The summed E-state index contributed by atoms with van der Waals surface area (Å²) in [6.45, 7) is 1.88. The molecule has 2 aliphatic rings. The number of nitrogens with one attached hydrogen (secondary N) is 1. The summed E-state index contributed by atoms with van der Waals surface area (Å²) < 4.78 is 1.70. The van der Waals surface area contributed by atoms with Gasteiger partial charge in [-0.2, -0.15) is 0 Å². The third-order valence-electron chi connectivity index (χ3n) is 4.37. The Hall–Kier alpha value is -2.22.